The molecule has 4 atom stereocenters. The zero-order valence-electron chi connectivity index (χ0n) is 18.5. The summed E-state index contributed by atoms with van der Waals surface area (Å²) in [6, 6.07) is 5.04. The van der Waals surface area contributed by atoms with Crippen molar-refractivity contribution in [1.29, 1.82) is 0 Å². The van der Waals surface area contributed by atoms with Crippen LogP contribution in [-0.4, -0.2) is 49.1 Å². The molecular formula is C23H24O10. The standard InChI is InChI=1S/C23H24O10/c1-11(24)29-19-10-28-23(21(31-13(3)26)20(19)30-12(2)25)32-14-7-8-16-15-5-4-6-17(15)22(27)33-18(16)9-14/h7-9,19-21,23H,4-6,10H2,1-3H3/t19-,20+,21-,23+/m0/s1. The molecule has 0 amide bonds. The second kappa shape index (κ2) is 9.22. The Morgan fingerprint density at radius 1 is 0.909 bits per heavy atom. The third-order valence-corrected chi connectivity index (χ3v) is 5.50. The normalized spacial score (nSPS) is 24.1. The Kier molecular flexibility index (Phi) is 6.37. The number of carbonyl (C=O) groups excluding carboxylic acids is 3. The van der Waals surface area contributed by atoms with Crippen LogP contribution in [0, 0.1) is 0 Å². The maximum absolute atomic E-state index is 12.3. The predicted molar refractivity (Wildman–Crippen MR) is 112 cm³/mol. The zero-order valence-corrected chi connectivity index (χ0v) is 18.5. The first-order valence-electron chi connectivity index (χ1n) is 10.6. The molecule has 176 valence electrons. The lowest BCUT2D eigenvalue weighted by Gasteiger charge is -2.40. The summed E-state index contributed by atoms with van der Waals surface area (Å²) in [7, 11) is 0. The van der Waals surface area contributed by atoms with Crippen LogP contribution in [0.25, 0.3) is 11.0 Å². The van der Waals surface area contributed by atoms with Crippen molar-refractivity contribution in [3.05, 3.63) is 39.7 Å². The van der Waals surface area contributed by atoms with Crippen molar-refractivity contribution >= 4 is 28.9 Å². The number of carbonyl (C=O) groups is 3. The van der Waals surface area contributed by atoms with Crippen molar-refractivity contribution < 1.29 is 42.5 Å². The van der Waals surface area contributed by atoms with E-state index in [1.165, 1.54) is 20.8 Å². The van der Waals surface area contributed by atoms with E-state index >= 15 is 0 Å². The predicted octanol–water partition coefficient (Wildman–Crippen LogP) is 1.81. The van der Waals surface area contributed by atoms with Crippen molar-refractivity contribution in [2.24, 2.45) is 0 Å². The molecule has 0 spiro atoms. The Balaban J connectivity index is 1.64. The average Bonchev–Trinajstić information content (AvgIpc) is 3.22. The van der Waals surface area contributed by atoms with E-state index in [1.54, 1.807) is 18.2 Å². The molecule has 2 heterocycles. The number of ether oxygens (including phenoxy) is 5. The van der Waals surface area contributed by atoms with Crippen LogP contribution in [0.4, 0.5) is 0 Å². The summed E-state index contributed by atoms with van der Waals surface area (Å²) in [5.74, 6) is -1.65. The van der Waals surface area contributed by atoms with Gasteiger partial charge in [-0.1, -0.05) is 0 Å². The number of fused-ring (bicyclic) bond motifs is 3. The third-order valence-electron chi connectivity index (χ3n) is 5.50. The minimum Gasteiger partial charge on any atom is -0.461 e. The van der Waals surface area contributed by atoms with Crippen molar-refractivity contribution in [2.45, 2.75) is 64.6 Å². The van der Waals surface area contributed by atoms with Gasteiger partial charge in [0.05, 0.1) is 6.61 Å². The molecule has 1 fully saturated rings. The van der Waals surface area contributed by atoms with Gasteiger partial charge in [0.15, 0.2) is 12.2 Å². The summed E-state index contributed by atoms with van der Waals surface area (Å²) >= 11 is 0. The third kappa shape index (κ3) is 4.85. The van der Waals surface area contributed by atoms with E-state index in [-0.39, 0.29) is 12.2 Å². The molecule has 2 aliphatic rings. The number of esters is 3. The first-order valence-corrected chi connectivity index (χ1v) is 10.6. The van der Waals surface area contributed by atoms with Gasteiger partial charge in [0.25, 0.3) is 0 Å². The van der Waals surface area contributed by atoms with Crippen LogP contribution in [0.3, 0.4) is 0 Å². The van der Waals surface area contributed by atoms with Gasteiger partial charge in [0, 0.05) is 37.8 Å². The summed E-state index contributed by atoms with van der Waals surface area (Å²) in [6.07, 6.45) is -2.12. The molecule has 0 unspecified atom stereocenters. The molecule has 10 nitrogen and oxygen atoms in total. The van der Waals surface area contributed by atoms with Gasteiger partial charge in [-0.2, -0.15) is 0 Å². The molecular weight excluding hydrogens is 436 g/mol. The highest BCUT2D eigenvalue weighted by atomic mass is 16.7. The Hall–Kier alpha value is -3.40. The second-order valence-electron chi connectivity index (χ2n) is 7.97. The Labute approximate surface area is 188 Å². The highest BCUT2D eigenvalue weighted by Crippen LogP contribution is 2.32. The number of hydrogen-bond acceptors (Lipinski definition) is 10. The summed E-state index contributed by atoms with van der Waals surface area (Å²) < 4.78 is 32.9. The summed E-state index contributed by atoms with van der Waals surface area (Å²) in [4.78, 5) is 47.2. The topological polar surface area (TPSA) is 128 Å². The number of rotatable bonds is 5. The van der Waals surface area contributed by atoms with E-state index in [9.17, 15) is 19.2 Å². The molecule has 1 saturated heterocycles. The van der Waals surface area contributed by atoms with Crippen LogP contribution >= 0.6 is 0 Å². The van der Waals surface area contributed by atoms with Gasteiger partial charge in [0.1, 0.15) is 11.3 Å². The van der Waals surface area contributed by atoms with Crippen molar-refractivity contribution in [3.63, 3.8) is 0 Å². The van der Waals surface area contributed by atoms with E-state index in [4.69, 9.17) is 28.1 Å². The van der Waals surface area contributed by atoms with Gasteiger partial charge in [-0.15, -0.1) is 0 Å². The maximum Gasteiger partial charge on any atom is 0.339 e. The van der Waals surface area contributed by atoms with E-state index in [0.717, 1.165) is 23.8 Å². The SMILES string of the molecule is CC(=O)O[C@@H]1[C@@H](Oc2ccc3c4c(c(=O)oc3c2)CCC4)OC[C@H](OC(C)=O)[C@H]1OC(C)=O. The van der Waals surface area contributed by atoms with Gasteiger partial charge < -0.3 is 28.1 Å². The van der Waals surface area contributed by atoms with E-state index in [0.29, 0.717) is 23.3 Å². The molecule has 1 aromatic carbocycles. The van der Waals surface area contributed by atoms with Crippen LogP contribution in [0.2, 0.25) is 0 Å². The van der Waals surface area contributed by atoms with Crippen LogP contribution in [0.1, 0.15) is 38.3 Å². The fraction of sp³-hybridized carbons (Fsp3) is 0.478. The fourth-order valence-corrected chi connectivity index (χ4v) is 4.28. The molecule has 33 heavy (non-hydrogen) atoms. The lowest BCUT2D eigenvalue weighted by atomic mass is 10.0. The summed E-state index contributed by atoms with van der Waals surface area (Å²) in [6.45, 7) is 3.41. The molecule has 1 aliphatic heterocycles. The van der Waals surface area contributed by atoms with Crippen molar-refractivity contribution in [2.75, 3.05) is 6.61 Å². The van der Waals surface area contributed by atoms with Crippen LogP contribution in [0.5, 0.6) is 5.75 Å². The van der Waals surface area contributed by atoms with Crippen molar-refractivity contribution in [3.8, 4) is 5.75 Å². The molecule has 1 aliphatic carbocycles. The molecule has 0 bridgehead atoms. The lowest BCUT2D eigenvalue weighted by molar-refractivity contribution is -0.259. The smallest absolute Gasteiger partial charge is 0.339 e. The number of benzene rings is 1. The van der Waals surface area contributed by atoms with Gasteiger partial charge in [-0.3, -0.25) is 14.4 Å². The van der Waals surface area contributed by atoms with Gasteiger partial charge >= 0.3 is 23.5 Å². The minimum atomic E-state index is -1.22. The number of aryl methyl sites for hydroxylation is 1. The molecule has 0 saturated carbocycles. The molecule has 0 N–H and O–H groups in total. The Morgan fingerprint density at radius 2 is 1.58 bits per heavy atom. The minimum absolute atomic E-state index is 0.157. The second-order valence-corrected chi connectivity index (χ2v) is 7.97. The van der Waals surface area contributed by atoms with Crippen LogP contribution in [-0.2, 0) is 46.2 Å². The summed E-state index contributed by atoms with van der Waals surface area (Å²) in [5, 5.41) is 0.836. The average molecular weight is 460 g/mol. The van der Waals surface area contributed by atoms with Gasteiger partial charge in [0.2, 0.25) is 12.4 Å². The van der Waals surface area contributed by atoms with Gasteiger partial charge in [-0.25, -0.2) is 4.79 Å². The first-order chi connectivity index (χ1) is 15.7. The number of hydrogen-bond donors (Lipinski definition) is 0. The molecule has 4 rings (SSSR count). The quantitative estimate of drug-likeness (QED) is 0.370. The lowest BCUT2D eigenvalue weighted by Crippen LogP contribution is -2.59. The zero-order chi connectivity index (χ0) is 23.7. The molecule has 1 aromatic heterocycles. The van der Waals surface area contributed by atoms with Gasteiger partial charge in [-0.05, 0) is 37.0 Å². The van der Waals surface area contributed by atoms with Crippen LogP contribution in [0.15, 0.2) is 27.4 Å². The van der Waals surface area contributed by atoms with E-state index < -0.39 is 42.5 Å². The monoisotopic (exact) mass is 460 g/mol. The molecule has 10 heteroatoms. The highest BCUT2D eigenvalue weighted by Gasteiger charge is 2.48. The maximum atomic E-state index is 12.3. The largest absolute Gasteiger partial charge is 0.461 e. The van der Waals surface area contributed by atoms with Crippen LogP contribution < -0.4 is 10.4 Å². The van der Waals surface area contributed by atoms with E-state index in [1.807, 2.05) is 0 Å². The Bertz CT molecular complexity index is 1150. The van der Waals surface area contributed by atoms with E-state index in [2.05, 4.69) is 0 Å². The Morgan fingerprint density at radius 3 is 2.27 bits per heavy atom. The summed E-state index contributed by atoms with van der Waals surface area (Å²) in [5.41, 5.74) is 1.70. The fourth-order valence-electron chi connectivity index (χ4n) is 4.28. The molecule has 2 aromatic rings. The molecule has 0 radical (unpaired) electrons. The first kappa shape index (κ1) is 22.8. The highest BCUT2D eigenvalue weighted by molar-refractivity contribution is 5.83. The van der Waals surface area contributed by atoms with Crippen molar-refractivity contribution in [1.82, 2.24) is 0 Å².